The molecule has 204 valence electrons. The van der Waals surface area contributed by atoms with E-state index < -0.39 is 6.10 Å². The molecule has 2 fully saturated rings. The van der Waals surface area contributed by atoms with E-state index in [9.17, 15) is 9.59 Å². The Morgan fingerprint density at radius 2 is 1.74 bits per heavy atom. The average Bonchev–Trinajstić information content (AvgIpc) is 3.25. The van der Waals surface area contributed by atoms with Gasteiger partial charge in [0.1, 0.15) is 0 Å². The molecule has 6 nitrogen and oxygen atoms in total. The van der Waals surface area contributed by atoms with Crippen molar-refractivity contribution in [3.05, 3.63) is 12.2 Å². The van der Waals surface area contributed by atoms with E-state index in [1.807, 2.05) is 0 Å². The van der Waals surface area contributed by atoms with Gasteiger partial charge >= 0.3 is 0 Å². The molecule has 2 amide bonds. The van der Waals surface area contributed by atoms with Crippen molar-refractivity contribution in [3.63, 3.8) is 0 Å². The van der Waals surface area contributed by atoms with Gasteiger partial charge in [0.05, 0.1) is 12.2 Å². The summed E-state index contributed by atoms with van der Waals surface area (Å²) in [4.78, 5) is 24.8. The average molecular weight is 495 g/mol. The normalized spacial score (nSPS) is 38.0. The van der Waals surface area contributed by atoms with E-state index in [4.69, 9.17) is 9.47 Å². The molecule has 8 unspecified atom stereocenters. The predicted octanol–water partition coefficient (Wildman–Crippen LogP) is 5.22. The number of amides is 2. The number of carbonyl (C=O) groups is 2. The summed E-state index contributed by atoms with van der Waals surface area (Å²) in [5.41, 5.74) is 0. The molecule has 2 aliphatic carbocycles. The highest BCUT2D eigenvalue weighted by Gasteiger charge is 2.45. The molecule has 0 aromatic rings. The second kappa shape index (κ2) is 14.4. The molecule has 3 rings (SSSR count). The highest BCUT2D eigenvalue weighted by atomic mass is 16.5. The van der Waals surface area contributed by atoms with Crippen molar-refractivity contribution in [3.8, 4) is 0 Å². The van der Waals surface area contributed by atoms with Gasteiger partial charge in [-0.3, -0.25) is 9.59 Å². The maximum absolute atomic E-state index is 13.2. The SMILES string of the molecule is C.C.CC[C@H]1OC(C(=O)NCC2C=CC(C)C3CC(CCCC(=O)NC)CC23)C(OC)[C@H](C)C1C. The second-order valence-electron chi connectivity index (χ2n) is 10.8. The molecule has 2 N–H and O–H groups in total. The molecular weight excluding hydrogens is 440 g/mol. The van der Waals surface area contributed by atoms with E-state index in [-0.39, 0.29) is 44.8 Å². The van der Waals surface area contributed by atoms with Crippen LogP contribution in [0.5, 0.6) is 0 Å². The van der Waals surface area contributed by atoms with Crippen LogP contribution in [0, 0.1) is 41.4 Å². The minimum atomic E-state index is -0.547. The Bertz CT molecular complexity index is 696. The minimum Gasteiger partial charge on any atom is -0.378 e. The van der Waals surface area contributed by atoms with E-state index in [1.165, 1.54) is 12.8 Å². The molecule has 1 heterocycles. The van der Waals surface area contributed by atoms with Crippen LogP contribution in [-0.2, 0) is 19.1 Å². The Labute approximate surface area is 215 Å². The summed E-state index contributed by atoms with van der Waals surface area (Å²) in [5.74, 6) is 3.63. The Hall–Kier alpha value is -1.40. The van der Waals surface area contributed by atoms with E-state index in [0.717, 1.165) is 19.3 Å². The third-order valence-electron chi connectivity index (χ3n) is 8.94. The van der Waals surface area contributed by atoms with Gasteiger partial charge in [0, 0.05) is 27.1 Å². The van der Waals surface area contributed by atoms with Crippen molar-refractivity contribution < 1.29 is 19.1 Å². The first-order chi connectivity index (χ1) is 15.8. The molecule has 10 atom stereocenters. The first kappa shape index (κ1) is 31.6. The van der Waals surface area contributed by atoms with Gasteiger partial charge in [0.2, 0.25) is 5.91 Å². The summed E-state index contributed by atoms with van der Waals surface area (Å²) in [6.07, 6.45) is 10.0. The van der Waals surface area contributed by atoms with Crippen molar-refractivity contribution in [1.82, 2.24) is 10.6 Å². The fraction of sp³-hybridized carbons (Fsp3) is 0.862. The van der Waals surface area contributed by atoms with Crippen LogP contribution in [0.2, 0.25) is 0 Å². The molecule has 0 radical (unpaired) electrons. The van der Waals surface area contributed by atoms with Gasteiger partial charge in [0.15, 0.2) is 6.10 Å². The number of hydrogen-bond donors (Lipinski definition) is 2. The molecule has 1 aliphatic heterocycles. The molecule has 6 heteroatoms. The zero-order valence-corrected chi connectivity index (χ0v) is 21.5. The summed E-state index contributed by atoms with van der Waals surface area (Å²) in [5, 5.41) is 5.95. The standard InChI is InChI=1S/C27H46N2O4.2CH4/c1-7-23-17(3)18(4)25(32-6)26(33-23)27(31)29-15-20-12-11-16(2)21-13-19(14-22(20)21)9-8-10-24(30)28-5;;/h11-12,16-23,25-26H,7-10,13-15H2,1-6H3,(H,28,30)(H,29,31);2*1H4/t16?,17?,18-,19?,20?,21?,22?,23-,25?,26?;;/m1../s1. The van der Waals surface area contributed by atoms with Crippen molar-refractivity contribution in [2.45, 2.75) is 99.4 Å². The minimum absolute atomic E-state index is 0. The lowest BCUT2D eigenvalue weighted by molar-refractivity contribution is -0.187. The second-order valence-corrected chi connectivity index (χ2v) is 10.8. The van der Waals surface area contributed by atoms with Crippen LogP contribution < -0.4 is 10.6 Å². The number of nitrogens with one attached hydrogen (secondary N) is 2. The van der Waals surface area contributed by atoms with Crippen LogP contribution in [0.15, 0.2) is 12.2 Å². The van der Waals surface area contributed by atoms with Gasteiger partial charge in [-0.25, -0.2) is 0 Å². The Morgan fingerprint density at radius 1 is 1.06 bits per heavy atom. The molecule has 0 aromatic carbocycles. The van der Waals surface area contributed by atoms with Crippen LogP contribution in [-0.4, -0.2) is 50.8 Å². The molecule has 0 spiro atoms. The Balaban J connectivity index is 0.00000306. The zero-order valence-electron chi connectivity index (χ0n) is 21.5. The van der Waals surface area contributed by atoms with E-state index in [2.05, 4.69) is 50.5 Å². The lowest BCUT2D eigenvalue weighted by Gasteiger charge is -2.43. The van der Waals surface area contributed by atoms with E-state index >= 15 is 0 Å². The third kappa shape index (κ3) is 7.31. The van der Waals surface area contributed by atoms with Gasteiger partial charge in [-0.1, -0.05) is 54.7 Å². The fourth-order valence-corrected chi connectivity index (χ4v) is 6.69. The fourth-order valence-electron chi connectivity index (χ4n) is 6.69. The van der Waals surface area contributed by atoms with Gasteiger partial charge in [-0.05, 0) is 73.5 Å². The molecular formula is C29H54N2O4. The van der Waals surface area contributed by atoms with Crippen molar-refractivity contribution >= 4 is 11.8 Å². The van der Waals surface area contributed by atoms with Crippen molar-refractivity contribution in [2.24, 2.45) is 41.4 Å². The molecule has 1 saturated heterocycles. The number of carbonyl (C=O) groups excluding carboxylic acids is 2. The molecule has 0 bridgehead atoms. The monoisotopic (exact) mass is 494 g/mol. The smallest absolute Gasteiger partial charge is 0.251 e. The summed E-state index contributed by atoms with van der Waals surface area (Å²) < 4.78 is 12.0. The van der Waals surface area contributed by atoms with Gasteiger partial charge in [-0.2, -0.15) is 0 Å². The molecule has 35 heavy (non-hydrogen) atoms. The Kier molecular flexibility index (Phi) is 13.0. The third-order valence-corrected chi connectivity index (χ3v) is 8.94. The van der Waals surface area contributed by atoms with E-state index in [1.54, 1.807) is 14.2 Å². The van der Waals surface area contributed by atoms with Gasteiger partial charge < -0.3 is 20.1 Å². The lowest BCUT2D eigenvalue weighted by Crippen LogP contribution is -2.56. The largest absolute Gasteiger partial charge is 0.378 e. The quantitative estimate of drug-likeness (QED) is 0.431. The van der Waals surface area contributed by atoms with Crippen LogP contribution >= 0.6 is 0 Å². The summed E-state index contributed by atoms with van der Waals surface area (Å²) in [6.45, 7) is 9.46. The molecule has 3 aliphatic rings. The zero-order chi connectivity index (χ0) is 24.1. The number of hydrogen-bond acceptors (Lipinski definition) is 4. The summed E-state index contributed by atoms with van der Waals surface area (Å²) in [7, 11) is 3.39. The summed E-state index contributed by atoms with van der Waals surface area (Å²) in [6, 6.07) is 0. The van der Waals surface area contributed by atoms with Crippen molar-refractivity contribution in [1.29, 1.82) is 0 Å². The summed E-state index contributed by atoms with van der Waals surface area (Å²) >= 11 is 0. The van der Waals surface area contributed by atoms with Gasteiger partial charge in [0.25, 0.3) is 5.91 Å². The predicted molar refractivity (Wildman–Crippen MR) is 144 cm³/mol. The van der Waals surface area contributed by atoms with Crippen LogP contribution in [0.1, 0.15) is 81.1 Å². The van der Waals surface area contributed by atoms with Gasteiger partial charge in [-0.15, -0.1) is 0 Å². The Morgan fingerprint density at radius 3 is 2.37 bits per heavy atom. The number of ether oxygens (including phenoxy) is 2. The lowest BCUT2D eigenvalue weighted by atomic mass is 9.73. The highest BCUT2D eigenvalue weighted by Crippen LogP contribution is 2.49. The maximum Gasteiger partial charge on any atom is 0.251 e. The maximum atomic E-state index is 13.2. The molecule has 0 aromatic heterocycles. The number of methoxy groups -OCH3 is 1. The number of rotatable bonds is 9. The molecule has 1 saturated carbocycles. The first-order valence-corrected chi connectivity index (χ1v) is 13.1. The number of fused-ring (bicyclic) bond motifs is 1. The topological polar surface area (TPSA) is 76.7 Å². The number of allylic oxidation sites excluding steroid dienone is 1. The van der Waals surface area contributed by atoms with Crippen LogP contribution in [0.25, 0.3) is 0 Å². The van der Waals surface area contributed by atoms with E-state index in [0.29, 0.717) is 48.5 Å². The van der Waals surface area contributed by atoms with Crippen LogP contribution in [0.4, 0.5) is 0 Å². The highest BCUT2D eigenvalue weighted by molar-refractivity contribution is 5.81. The van der Waals surface area contributed by atoms with Crippen LogP contribution in [0.3, 0.4) is 0 Å². The van der Waals surface area contributed by atoms with Crippen molar-refractivity contribution in [2.75, 3.05) is 20.7 Å². The first-order valence-electron chi connectivity index (χ1n) is 13.1.